The third-order valence-corrected chi connectivity index (χ3v) is 4.52. The van der Waals surface area contributed by atoms with Gasteiger partial charge in [-0.25, -0.2) is 0 Å². The summed E-state index contributed by atoms with van der Waals surface area (Å²) in [5.41, 5.74) is 3.22. The van der Waals surface area contributed by atoms with E-state index in [0.29, 0.717) is 0 Å². The molecule has 0 saturated carbocycles. The Morgan fingerprint density at radius 2 is 2.35 bits per heavy atom. The molecule has 1 heterocycles. The Hall–Kier alpha value is -1.16. The quantitative estimate of drug-likeness (QED) is 0.790. The molecule has 1 aliphatic rings. The summed E-state index contributed by atoms with van der Waals surface area (Å²) in [6, 6.07) is 6.21. The molecule has 2 N–H and O–H groups in total. The van der Waals surface area contributed by atoms with E-state index in [1.54, 1.807) is 0 Å². The minimum Gasteiger partial charge on any atom is -0.385 e. The Morgan fingerprint density at radius 1 is 1.50 bits per heavy atom. The zero-order chi connectivity index (χ0) is 14.4. The molecule has 0 spiro atoms. The van der Waals surface area contributed by atoms with Crippen molar-refractivity contribution in [2.75, 3.05) is 23.4 Å². The average molecular weight is 292 g/mol. The standard InChI is InChI=1S/C16H24N2OS/c1-3-20-10-8-12(2)18-16(19)14-6-7-15-13(11-14)5-4-9-17-15/h6-7,11-12,17H,3-5,8-10H2,1-2H3,(H,18,19). The van der Waals surface area contributed by atoms with E-state index in [0.717, 1.165) is 42.9 Å². The highest BCUT2D eigenvalue weighted by Crippen LogP contribution is 2.22. The number of amides is 1. The molecule has 0 saturated heterocycles. The Kier molecular flexibility index (Phi) is 5.77. The lowest BCUT2D eigenvalue weighted by Gasteiger charge is -2.19. The average Bonchev–Trinajstić information content (AvgIpc) is 2.47. The van der Waals surface area contributed by atoms with Gasteiger partial charge < -0.3 is 10.6 Å². The maximum absolute atomic E-state index is 12.2. The van der Waals surface area contributed by atoms with Crippen LogP contribution in [0.3, 0.4) is 0 Å². The summed E-state index contributed by atoms with van der Waals surface area (Å²) in [5.74, 6) is 2.29. The Morgan fingerprint density at radius 3 is 3.15 bits per heavy atom. The molecule has 20 heavy (non-hydrogen) atoms. The van der Waals surface area contributed by atoms with Gasteiger partial charge in [0.2, 0.25) is 0 Å². The maximum Gasteiger partial charge on any atom is 0.251 e. The van der Waals surface area contributed by atoms with Gasteiger partial charge in [0.25, 0.3) is 5.91 Å². The maximum atomic E-state index is 12.2. The van der Waals surface area contributed by atoms with Gasteiger partial charge in [0.15, 0.2) is 0 Å². The fourth-order valence-electron chi connectivity index (χ4n) is 2.40. The number of nitrogens with one attached hydrogen (secondary N) is 2. The number of carbonyl (C=O) groups excluding carboxylic acids is 1. The molecule has 1 amide bonds. The zero-order valence-corrected chi connectivity index (χ0v) is 13.2. The van der Waals surface area contributed by atoms with Gasteiger partial charge in [0.05, 0.1) is 0 Å². The number of hydrogen-bond acceptors (Lipinski definition) is 3. The highest BCUT2D eigenvalue weighted by atomic mass is 32.2. The summed E-state index contributed by atoms with van der Waals surface area (Å²) >= 11 is 1.92. The number of thioether (sulfide) groups is 1. The lowest BCUT2D eigenvalue weighted by Crippen LogP contribution is -2.33. The fraction of sp³-hybridized carbons (Fsp3) is 0.562. The number of anilines is 1. The van der Waals surface area contributed by atoms with Crippen molar-refractivity contribution >= 4 is 23.4 Å². The van der Waals surface area contributed by atoms with Crippen LogP contribution in [-0.4, -0.2) is 30.0 Å². The van der Waals surface area contributed by atoms with Crippen LogP contribution >= 0.6 is 11.8 Å². The topological polar surface area (TPSA) is 41.1 Å². The summed E-state index contributed by atoms with van der Waals surface area (Å²) in [7, 11) is 0. The van der Waals surface area contributed by atoms with E-state index < -0.39 is 0 Å². The van der Waals surface area contributed by atoms with Crippen LogP contribution in [0.4, 0.5) is 5.69 Å². The summed E-state index contributed by atoms with van der Waals surface area (Å²) in [6.45, 7) is 5.27. The van der Waals surface area contributed by atoms with Crippen molar-refractivity contribution in [2.45, 2.75) is 39.2 Å². The van der Waals surface area contributed by atoms with Gasteiger partial charge in [-0.15, -0.1) is 0 Å². The third-order valence-electron chi connectivity index (χ3n) is 3.58. The highest BCUT2D eigenvalue weighted by Gasteiger charge is 2.13. The van der Waals surface area contributed by atoms with Crippen molar-refractivity contribution in [1.82, 2.24) is 5.32 Å². The van der Waals surface area contributed by atoms with Crippen molar-refractivity contribution in [3.05, 3.63) is 29.3 Å². The van der Waals surface area contributed by atoms with E-state index in [9.17, 15) is 4.79 Å². The highest BCUT2D eigenvalue weighted by molar-refractivity contribution is 7.99. The van der Waals surface area contributed by atoms with Crippen LogP contribution in [0.5, 0.6) is 0 Å². The number of carbonyl (C=O) groups is 1. The molecule has 2 rings (SSSR count). The summed E-state index contributed by atoms with van der Waals surface area (Å²) in [6.07, 6.45) is 3.23. The van der Waals surface area contributed by atoms with Crippen LogP contribution in [0.15, 0.2) is 18.2 Å². The Labute approximate surface area is 125 Å². The van der Waals surface area contributed by atoms with E-state index >= 15 is 0 Å². The Balaban J connectivity index is 1.92. The van der Waals surface area contributed by atoms with Crippen LogP contribution in [0, 0.1) is 0 Å². The second-order valence-corrected chi connectivity index (χ2v) is 6.66. The first-order valence-corrected chi connectivity index (χ1v) is 8.61. The molecule has 0 fully saturated rings. The lowest BCUT2D eigenvalue weighted by atomic mass is 10.0. The van der Waals surface area contributed by atoms with Crippen LogP contribution < -0.4 is 10.6 Å². The van der Waals surface area contributed by atoms with Gasteiger partial charge in [-0.3, -0.25) is 4.79 Å². The molecule has 0 bridgehead atoms. The van der Waals surface area contributed by atoms with Gasteiger partial charge >= 0.3 is 0 Å². The Bertz CT molecular complexity index is 462. The summed E-state index contributed by atoms with van der Waals surface area (Å²) < 4.78 is 0. The minimum atomic E-state index is 0.0485. The van der Waals surface area contributed by atoms with Crippen molar-refractivity contribution in [3.8, 4) is 0 Å². The number of benzene rings is 1. The molecule has 1 aliphatic heterocycles. The molecule has 1 aromatic carbocycles. The SMILES string of the molecule is CCSCCC(C)NC(=O)c1ccc2c(c1)CCCN2. The number of hydrogen-bond donors (Lipinski definition) is 2. The van der Waals surface area contributed by atoms with Gasteiger partial charge in [0, 0.05) is 23.8 Å². The number of rotatable bonds is 6. The van der Waals surface area contributed by atoms with Crippen molar-refractivity contribution < 1.29 is 4.79 Å². The first kappa shape index (κ1) is 15.2. The van der Waals surface area contributed by atoms with Crippen molar-refractivity contribution in [3.63, 3.8) is 0 Å². The molecule has 1 aromatic rings. The number of aryl methyl sites for hydroxylation is 1. The van der Waals surface area contributed by atoms with Gasteiger partial charge in [-0.1, -0.05) is 6.92 Å². The molecule has 1 atom stereocenters. The van der Waals surface area contributed by atoms with E-state index in [-0.39, 0.29) is 11.9 Å². The van der Waals surface area contributed by atoms with E-state index in [1.807, 2.05) is 30.0 Å². The second kappa shape index (κ2) is 7.58. The van der Waals surface area contributed by atoms with E-state index in [4.69, 9.17) is 0 Å². The van der Waals surface area contributed by atoms with E-state index in [2.05, 4.69) is 24.5 Å². The first-order chi connectivity index (χ1) is 9.70. The fourth-order valence-corrected chi connectivity index (χ4v) is 3.21. The van der Waals surface area contributed by atoms with Gasteiger partial charge in [-0.05, 0) is 61.5 Å². The normalized spacial score (nSPS) is 15.1. The largest absolute Gasteiger partial charge is 0.385 e. The number of fused-ring (bicyclic) bond motifs is 1. The molecule has 4 heteroatoms. The van der Waals surface area contributed by atoms with Crippen LogP contribution in [0.1, 0.15) is 42.6 Å². The van der Waals surface area contributed by atoms with Crippen molar-refractivity contribution in [1.29, 1.82) is 0 Å². The van der Waals surface area contributed by atoms with Crippen LogP contribution in [0.25, 0.3) is 0 Å². The predicted molar refractivity (Wildman–Crippen MR) is 87.8 cm³/mol. The second-order valence-electron chi connectivity index (χ2n) is 5.26. The molecule has 0 radical (unpaired) electrons. The lowest BCUT2D eigenvalue weighted by molar-refractivity contribution is 0.0939. The summed E-state index contributed by atoms with van der Waals surface area (Å²) in [4.78, 5) is 12.2. The molecule has 110 valence electrons. The third kappa shape index (κ3) is 4.17. The van der Waals surface area contributed by atoms with Gasteiger partial charge in [-0.2, -0.15) is 11.8 Å². The molecule has 1 unspecified atom stereocenters. The minimum absolute atomic E-state index is 0.0485. The molecule has 3 nitrogen and oxygen atoms in total. The van der Waals surface area contributed by atoms with Crippen LogP contribution in [-0.2, 0) is 6.42 Å². The van der Waals surface area contributed by atoms with E-state index in [1.165, 1.54) is 11.3 Å². The van der Waals surface area contributed by atoms with Crippen LogP contribution in [0.2, 0.25) is 0 Å². The first-order valence-electron chi connectivity index (χ1n) is 7.46. The molecular formula is C16H24N2OS. The predicted octanol–water partition coefficient (Wildman–Crippen LogP) is 3.31. The van der Waals surface area contributed by atoms with Gasteiger partial charge in [0.1, 0.15) is 0 Å². The smallest absolute Gasteiger partial charge is 0.251 e. The zero-order valence-electron chi connectivity index (χ0n) is 12.4. The molecule has 0 aromatic heterocycles. The summed E-state index contributed by atoms with van der Waals surface area (Å²) in [5, 5.41) is 6.46. The van der Waals surface area contributed by atoms with Crippen molar-refractivity contribution in [2.24, 2.45) is 0 Å². The molecular weight excluding hydrogens is 268 g/mol. The molecule has 0 aliphatic carbocycles. The monoisotopic (exact) mass is 292 g/mol.